The van der Waals surface area contributed by atoms with Crippen LogP contribution in [-0.2, 0) is 30.3 Å². The van der Waals surface area contributed by atoms with Gasteiger partial charge in [0.05, 0.1) is 12.3 Å². The Morgan fingerprint density at radius 1 is 0.929 bits per heavy atom. The molecule has 0 spiro atoms. The number of ether oxygens (including phenoxy) is 2. The molecule has 0 atom stereocenters. The van der Waals surface area contributed by atoms with Crippen molar-refractivity contribution >= 4 is 17.7 Å². The predicted octanol–water partition coefficient (Wildman–Crippen LogP) is 4.31. The van der Waals surface area contributed by atoms with Gasteiger partial charge in [-0.2, -0.15) is 0 Å². The molecule has 0 aromatic heterocycles. The number of aryl methyl sites for hydroxylation is 1. The van der Waals surface area contributed by atoms with Gasteiger partial charge < -0.3 is 14.3 Å². The molecule has 0 fully saturated rings. The van der Waals surface area contributed by atoms with Gasteiger partial charge in [-0.15, -0.1) is 0 Å². The summed E-state index contributed by atoms with van der Waals surface area (Å²) in [7, 11) is 0. The van der Waals surface area contributed by atoms with Gasteiger partial charge in [0.1, 0.15) is 13.2 Å². The number of benzene rings is 1. The second-order valence-electron chi connectivity index (χ2n) is 7.42. The quantitative estimate of drug-likeness (QED) is 0.217. The van der Waals surface area contributed by atoms with Crippen molar-refractivity contribution in [2.75, 3.05) is 19.8 Å². The molecule has 0 aliphatic carbocycles. The molecule has 156 valence electrons. The van der Waals surface area contributed by atoms with Gasteiger partial charge in [0, 0.05) is 19.3 Å². The lowest BCUT2D eigenvalue weighted by atomic mass is 9.85. The molecule has 0 unspecified atom stereocenters. The number of oxime groups is 1. The van der Waals surface area contributed by atoms with E-state index in [4.69, 9.17) is 14.3 Å². The van der Waals surface area contributed by atoms with E-state index in [1.165, 1.54) is 19.4 Å². The van der Waals surface area contributed by atoms with E-state index in [0.29, 0.717) is 19.6 Å². The summed E-state index contributed by atoms with van der Waals surface area (Å²) in [6.45, 7) is 7.92. The highest BCUT2D eigenvalue weighted by Crippen LogP contribution is 2.23. The van der Waals surface area contributed by atoms with E-state index in [-0.39, 0.29) is 18.5 Å². The Kier molecular flexibility index (Phi) is 10.9. The number of esters is 2. The molecule has 1 aromatic rings. The third kappa shape index (κ3) is 10.7. The Morgan fingerprint density at radius 2 is 1.61 bits per heavy atom. The van der Waals surface area contributed by atoms with E-state index in [0.717, 1.165) is 31.4 Å². The lowest BCUT2D eigenvalue weighted by Crippen LogP contribution is -2.31. The zero-order valence-electron chi connectivity index (χ0n) is 17.5. The van der Waals surface area contributed by atoms with Crippen molar-refractivity contribution in [3.8, 4) is 0 Å². The molecule has 28 heavy (non-hydrogen) atoms. The van der Waals surface area contributed by atoms with Gasteiger partial charge in [0.25, 0.3) is 0 Å². The van der Waals surface area contributed by atoms with Crippen LogP contribution in [0.3, 0.4) is 0 Å². The Labute approximate surface area is 168 Å². The Bertz CT molecular complexity index is 625. The summed E-state index contributed by atoms with van der Waals surface area (Å²) in [6.07, 6.45) is 4.05. The van der Waals surface area contributed by atoms with Crippen molar-refractivity contribution in [2.24, 2.45) is 10.6 Å². The summed E-state index contributed by atoms with van der Waals surface area (Å²) >= 11 is 0. The summed E-state index contributed by atoms with van der Waals surface area (Å²) in [5.74, 6) is -0.586. The van der Waals surface area contributed by atoms with Crippen LogP contribution in [0.1, 0.15) is 58.9 Å². The third-order valence-electron chi connectivity index (χ3n) is 4.25. The fourth-order valence-electron chi connectivity index (χ4n) is 2.59. The van der Waals surface area contributed by atoms with Gasteiger partial charge in [-0.05, 0) is 37.7 Å². The highest BCUT2D eigenvalue weighted by atomic mass is 16.6. The van der Waals surface area contributed by atoms with Crippen LogP contribution in [0.15, 0.2) is 35.5 Å². The zero-order chi connectivity index (χ0) is 20.8. The highest BCUT2D eigenvalue weighted by Gasteiger charge is 2.27. The molecule has 1 aromatic carbocycles. The van der Waals surface area contributed by atoms with Crippen LogP contribution < -0.4 is 0 Å². The maximum atomic E-state index is 11.2. The smallest absolute Gasteiger partial charge is 0.302 e. The average molecular weight is 392 g/mol. The fourth-order valence-corrected chi connectivity index (χ4v) is 2.59. The van der Waals surface area contributed by atoms with Crippen LogP contribution >= 0.6 is 0 Å². The molecule has 0 saturated heterocycles. The van der Waals surface area contributed by atoms with Crippen LogP contribution in [0.2, 0.25) is 0 Å². The second-order valence-corrected chi connectivity index (χ2v) is 7.42. The van der Waals surface area contributed by atoms with E-state index in [1.54, 1.807) is 0 Å². The molecule has 1 rings (SSSR count). The lowest BCUT2D eigenvalue weighted by molar-refractivity contribution is -0.143. The van der Waals surface area contributed by atoms with Gasteiger partial charge in [0.15, 0.2) is 0 Å². The van der Waals surface area contributed by atoms with Gasteiger partial charge in [-0.1, -0.05) is 49.3 Å². The molecule has 0 amide bonds. The van der Waals surface area contributed by atoms with Crippen LogP contribution in [0.25, 0.3) is 0 Å². The fraction of sp³-hybridized carbons (Fsp3) is 0.591. The first kappa shape index (κ1) is 23.7. The zero-order valence-corrected chi connectivity index (χ0v) is 17.5. The number of unbranched alkanes of at least 4 members (excludes halogenated alkanes) is 1. The van der Waals surface area contributed by atoms with Gasteiger partial charge >= 0.3 is 11.9 Å². The molecule has 0 aliphatic heterocycles. The normalized spacial score (nSPS) is 11.8. The van der Waals surface area contributed by atoms with Crippen molar-refractivity contribution in [1.82, 2.24) is 0 Å². The van der Waals surface area contributed by atoms with Crippen LogP contribution in [0, 0.1) is 5.41 Å². The van der Waals surface area contributed by atoms with Crippen molar-refractivity contribution < 1.29 is 23.9 Å². The van der Waals surface area contributed by atoms with Crippen molar-refractivity contribution in [1.29, 1.82) is 0 Å². The SMILES string of the molecule is CC(=O)OCCCC/C(=N\OCCCc1ccccc1)C(C)(C)COC(C)=O. The maximum Gasteiger partial charge on any atom is 0.302 e. The molecule has 0 bridgehead atoms. The Morgan fingerprint density at radius 3 is 2.25 bits per heavy atom. The molecule has 6 nitrogen and oxygen atoms in total. The predicted molar refractivity (Wildman–Crippen MR) is 109 cm³/mol. The minimum Gasteiger partial charge on any atom is -0.466 e. The Balaban J connectivity index is 2.52. The van der Waals surface area contributed by atoms with Crippen molar-refractivity contribution in [3.05, 3.63) is 35.9 Å². The van der Waals surface area contributed by atoms with E-state index in [2.05, 4.69) is 17.3 Å². The minimum atomic E-state index is -0.424. The third-order valence-corrected chi connectivity index (χ3v) is 4.25. The van der Waals surface area contributed by atoms with Crippen LogP contribution in [-0.4, -0.2) is 37.5 Å². The minimum absolute atomic E-state index is 0.248. The topological polar surface area (TPSA) is 74.2 Å². The molecule has 0 aliphatic rings. The molecular weight excluding hydrogens is 358 g/mol. The number of carbonyl (C=O) groups is 2. The first-order chi connectivity index (χ1) is 13.3. The summed E-state index contributed by atoms with van der Waals surface area (Å²) in [6, 6.07) is 10.3. The molecule has 0 saturated carbocycles. The number of nitrogens with zero attached hydrogens (tertiary/aromatic N) is 1. The van der Waals surface area contributed by atoms with Crippen molar-refractivity contribution in [3.63, 3.8) is 0 Å². The van der Waals surface area contributed by atoms with Gasteiger partial charge in [-0.3, -0.25) is 9.59 Å². The molecule has 0 radical (unpaired) electrons. The monoisotopic (exact) mass is 391 g/mol. The highest BCUT2D eigenvalue weighted by molar-refractivity contribution is 5.89. The van der Waals surface area contributed by atoms with E-state index < -0.39 is 5.41 Å². The van der Waals surface area contributed by atoms with Crippen LogP contribution in [0.4, 0.5) is 0 Å². The van der Waals surface area contributed by atoms with E-state index in [9.17, 15) is 9.59 Å². The Hall–Kier alpha value is -2.37. The molecular formula is C22H33NO5. The summed E-state index contributed by atoms with van der Waals surface area (Å²) < 4.78 is 10.2. The van der Waals surface area contributed by atoms with Crippen molar-refractivity contribution in [2.45, 2.75) is 59.8 Å². The number of hydrogen-bond donors (Lipinski definition) is 0. The molecule has 0 heterocycles. The number of carbonyl (C=O) groups excluding carboxylic acids is 2. The van der Waals surface area contributed by atoms with E-state index in [1.807, 2.05) is 32.0 Å². The largest absolute Gasteiger partial charge is 0.466 e. The summed E-state index contributed by atoms with van der Waals surface area (Å²) in [5, 5.41) is 4.35. The summed E-state index contributed by atoms with van der Waals surface area (Å²) in [5.41, 5.74) is 1.69. The number of rotatable bonds is 13. The van der Waals surface area contributed by atoms with Gasteiger partial charge in [0.2, 0.25) is 0 Å². The first-order valence-electron chi connectivity index (χ1n) is 9.81. The second kappa shape index (κ2) is 12.9. The maximum absolute atomic E-state index is 11.2. The van der Waals surface area contributed by atoms with Crippen LogP contribution in [0.5, 0.6) is 0 Å². The summed E-state index contributed by atoms with van der Waals surface area (Å²) in [4.78, 5) is 27.6. The lowest BCUT2D eigenvalue weighted by Gasteiger charge is -2.25. The first-order valence-corrected chi connectivity index (χ1v) is 9.81. The number of hydrogen-bond acceptors (Lipinski definition) is 6. The standard InChI is InChI=1S/C22H33NO5/c1-18(24)26-15-9-8-14-21(22(3,4)17-27-19(2)25)23-28-16-10-13-20-11-6-5-7-12-20/h5-7,11-12H,8-10,13-17H2,1-4H3/b23-21+. The van der Waals surface area contributed by atoms with E-state index >= 15 is 0 Å². The molecule has 6 heteroatoms. The molecule has 0 N–H and O–H groups in total. The average Bonchev–Trinajstić information content (AvgIpc) is 2.64. The van der Waals surface area contributed by atoms with Gasteiger partial charge in [-0.25, -0.2) is 0 Å².